The van der Waals surface area contributed by atoms with Gasteiger partial charge in [0.15, 0.2) is 0 Å². The van der Waals surface area contributed by atoms with Crippen LogP contribution in [0.1, 0.15) is 29.9 Å². The van der Waals surface area contributed by atoms with E-state index in [-0.39, 0.29) is 25.5 Å². The van der Waals surface area contributed by atoms with E-state index >= 15 is 0 Å². The van der Waals surface area contributed by atoms with E-state index in [2.05, 4.69) is 5.32 Å². The van der Waals surface area contributed by atoms with Crippen molar-refractivity contribution in [3.05, 3.63) is 59.7 Å². The highest BCUT2D eigenvalue weighted by Gasteiger charge is 2.31. The van der Waals surface area contributed by atoms with Crippen LogP contribution in [-0.4, -0.2) is 54.3 Å². The maximum atomic E-state index is 12.6. The van der Waals surface area contributed by atoms with Crippen LogP contribution in [0, 0.1) is 0 Å². The van der Waals surface area contributed by atoms with Crippen LogP contribution in [0.15, 0.2) is 48.5 Å². The zero-order valence-corrected chi connectivity index (χ0v) is 16.7. The highest BCUT2D eigenvalue weighted by Crippen LogP contribution is 2.44. The fraction of sp³-hybridized carbons (Fsp3) is 0.318. The Bertz CT molecular complexity index is 900. The number of carbonyl (C=O) groups is 3. The van der Waals surface area contributed by atoms with E-state index in [0.29, 0.717) is 6.42 Å². The molecule has 1 aliphatic rings. The van der Waals surface area contributed by atoms with Crippen LogP contribution in [-0.2, 0) is 9.53 Å². The van der Waals surface area contributed by atoms with Gasteiger partial charge < -0.3 is 20.9 Å². The lowest BCUT2D eigenvalue weighted by Crippen LogP contribution is -2.43. The Kier molecular flexibility index (Phi) is 6.56. The Morgan fingerprint density at radius 2 is 1.67 bits per heavy atom. The summed E-state index contributed by atoms with van der Waals surface area (Å²) in [4.78, 5) is 36.0. The number of carboxylic acids is 1. The molecule has 0 saturated carbocycles. The number of nitrogens with one attached hydrogen (secondary N) is 1. The molecule has 0 unspecified atom stereocenters. The second-order valence-corrected chi connectivity index (χ2v) is 7.20. The van der Waals surface area contributed by atoms with E-state index in [1.807, 2.05) is 48.5 Å². The van der Waals surface area contributed by atoms with E-state index in [1.165, 1.54) is 7.05 Å². The first-order chi connectivity index (χ1) is 14.4. The van der Waals surface area contributed by atoms with Gasteiger partial charge in [-0.1, -0.05) is 48.5 Å². The topological polar surface area (TPSA) is 122 Å². The summed E-state index contributed by atoms with van der Waals surface area (Å²) in [6.45, 7) is 0.352. The lowest BCUT2D eigenvalue weighted by molar-refractivity contribution is -0.142. The molecule has 1 aliphatic carbocycles. The second-order valence-electron chi connectivity index (χ2n) is 7.20. The van der Waals surface area contributed by atoms with Gasteiger partial charge in [-0.2, -0.15) is 0 Å². The number of benzene rings is 2. The zero-order valence-electron chi connectivity index (χ0n) is 16.7. The Labute approximate surface area is 174 Å². The predicted octanol–water partition coefficient (Wildman–Crippen LogP) is 2.77. The van der Waals surface area contributed by atoms with Crippen LogP contribution in [0.3, 0.4) is 0 Å². The van der Waals surface area contributed by atoms with Crippen LogP contribution in [0.25, 0.3) is 11.1 Å². The summed E-state index contributed by atoms with van der Waals surface area (Å²) in [5.41, 5.74) is 9.40. The van der Waals surface area contributed by atoms with Crippen molar-refractivity contribution in [2.45, 2.75) is 24.8 Å². The Morgan fingerprint density at radius 1 is 1.10 bits per heavy atom. The molecule has 0 aliphatic heterocycles. The standard InChI is InChI=1S/C22H25N3O5/c1-25(19(20(26)27)11-6-12-24-21(23)28)22(29)30-13-18-16-9-4-2-7-14(16)15-8-3-5-10-17(15)18/h2-5,7-10,18-19H,6,11-13H2,1H3,(H,26,27)(H3,23,24,28)/t19-/m0/s1. The van der Waals surface area contributed by atoms with Crippen LogP contribution in [0.5, 0.6) is 0 Å². The summed E-state index contributed by atoms with van der Waals surface area (Å²) in [5, 5.41) is 11.9. The van der Waals surface area contributed by atoms with Gasteiger partial charge in [0.2, 0.25) is 0 Å². The molecule has 0 bridgehead atoms. The second kappa shape index (κ2) is 9.30. The molecule has 1 atom stereocenters. The normalized spacial score (nSPS) is 13.1. The molecule has 0 spiro atoms. The summed E-state index contributed by atoms with van der Waals surface area (Å²) in [7, 11) is 1.40. The molecular formula is C22H25N3O5. The minimum absolute atomic E-state index is 0.0993. The van der Waals surface area contributed by atoms with Gasteiger partial charge in [0.1, 0.15) is 12.6 Å². The number of carboxylic acid groups (broad SMARTS) is 1. The molecule has 0 heterocycles. The minimum Gasteiger partial charge on any atom is -0.480 e. The number of rotatable bonds is 8. The van der Waals surface area contributed by atoms with Crippen LogP contribution < -0.4 is 11.1 Å². The molecule has 3 amide bonds. The maximum Gasteiger partial charge on any atom is 0.410 e. The van der Waals surface area contributed by atoms with Crippen molar-refractivity contribution in [2.75, 3.05) is 20.2 Å². The van der Waals surface area contributed by atoms with Gasteiger partial charge in [0, 0.05) is 19.5 Å². The molecule has 158 valence electrons. The van der Waals surface area contributed by atoms with E-state index in [1.54, 1.807) is 0 Å². The molecule has 3 rings (SSSR count). The predicted molar refractivity (Wildman–Crippen MR) is 111 cm³/mol. The minimum atomic E-state index is -1.13. The number of likely N-dealkylation sites (N-methyl/N-ethyl adjacent to an activating group) is 1. The zero-order chi connectivity index (χ0) is 21.7. The number of aliphatic carboxylic acids is 1. The molecule has 2 aromatic carbocycles. The first kappa shape index (κ1) is 21.2. The third-order valence-electron chi connectivity index (χ3n) is 5.33. The van der Waals surface area contributed by atoms with Gasteiger partial charge in [0.25, 0.3) is 0 Å². The number of nitrogens with two attached hydrogens (primary N) is 1. The van der Waals surface area contributed by atoms with Crippen LogP contribution >= 0.6 is 0 Å². The molecule has 8 heteroatoms. The smallest absolute Gasteiger partial charge is 0.410 e. The molecule has 0 saturated heterocycles. The number of ether oxygens (including phenoxy) is 1. The van der Waals surface area contributed by atoms with Crippen molar-refractivity contribution in [1.29, 1.82) is 0 Å². The van der Waals surface area contributed by atoms with Crippen molar-refractivity contribution < 1.29 is 24.2 Å². The molecule has 0 radical (unpaired) electrons. The molecule has 0 aromatic heterocycles. The molecule has 30 heavy (non-hydrogen) atoms. The average Bonchev–Trinajstić information content (AvgIpc) is 3.05. The van der Waals surface area contributed by atoms with Gasteiger partial charge in [0.05, 0.1) is 0 Å². The number of hydrogen-bond acceptors (Lipinski definition) is 4. The maximum absolute atomic E-state index is 12.6. The quantitative estimate of drug-likeness (QED) is 0.577. The lowest BCUT2D eigenvalue weighted by Gasteiger charge is -2.25. The van der Waals surface area contributed by atoms with Crippen molar-refractivity contribution in [3.8, 4) is 11.1 Å². The third-order valence-corrected chi connectivity index (χ3v) is 5.33. The average molecular weight is 411 g/mol. The Hall–Kier alpha value is -3.55. The third kappa shape index (κ3) is 4.53. The summed E-state index contributed by atoms with van der Waals surface area (Å²) in [5.74, 6) is -1.23. The lowest BCUT2D eigenvalue weighted by atomic mass is 9.98. The monoisotopic (exact) mass is 411 g/mol. The van der Waals surface area contributed by atoms with Gasteiger partial charge in [-0.05, 0) is 35.1 Å². The Morgan fingerprint density at radius 3 is 2.20 bits per heavy atom. The van der Waals surface area contributed by atoms with E-state index in [9.17, 15) is 19.5 Å². The highest BCUT2D eigenvalue weighted by molar-refractivity contribution is 5.81. The molecule has 4 N–H and O–H groups in total. The van der Waals surface area contributed by atoms with Gasteiger partial charge >= 0.3 is 18.1 Å². The van der Waals surface area contributed by atoms with Crippen molar-refractivity contribution in [1.82, 2.24) is 10.2 Å². The molecular weight excluding hydrogens is 386 g/mol. The number of nitrogens with zero attached hydrogens (tertiary/aromatic N) is 1. The summed E-state index contributed by atoms with van der Waals surface area (Å²) < 4.78 is 5.51. The SMILES string of the molecule is CN(C(=O)OCC1c2ccccc2-c2ccccc21)[C@@H](CCCNC(N)=O)C(=O)O. The number of fused-ring (bicyclic) bond motifs is 3. The van der Waals surface area contributed by atoms with E-state index < -0.39 is 24.1 Å². The van der Waals surface area contributed by atoms with Crippen LogP contribution in [0.4, 0.5) is 9.59 Å². The fourth-order valence-corrected chi connectivity index (χ4v) is 3.81. The number of carbonyl (C=O) groups excluding carboxylic acids is 2. The van der Waals surface area contributed by atoms with Crippen LogP contribution in [0.2, 0.25) is 0 Å². The fourth-order valence-electron chi connectivity index (χ4n) is 3.81. The van der Waals surface area contributed by atoms with E-state index in [0.717, 1.165) is 27.2 Å². The Balaban J connectivity index is 1.64. The van der Waals surface area contributed by atoms with Gasteiger partial charge in [-0.25, -0.2) is 14.4 Å². The van der Waals surface area contributed by atoms with Crippen molar-refractivity contribution >= 4 is 18.1 Å². The van der Waals surface area contributed by atoms with Gasteiger partial charge in [-0.15, -0.1) is 0 Å². The first-order valence-corrected chi connectivity index (χ1v) is 9.74. The summed E-state index contributed by atoms with van der Waals surface area (Å²) in [6.07, 6.45) is -0.177. The largest absolute Gasteiger partial charge is 0.480 e. The first-order valence-electron chi connectivity index (χ1n) is 9.74. The summed E-state index contributed by atoms with van der Waals surface area (Å²) >= 11 is 0. The number of hydrogen-bond donors (Lipinski definition) is 3. The molecule has 2 aromatic rings. The molecule has 0 fully saturated rings. The van der Waals surface area contributed by atoms with Gasteiger partial charge in [-0.3, -0.25) is 4.90 Å². The number of amides is 3. The molecule has 8 nitrogen and oxygen atoms in total. The van der Waals surface area contributed by atoms with E-state index in [4.69, 9.17) is 10.5 Å². The van der Waals surface area contributed by atoms with Crippen molar-refractivity contribution in [3.63, 3.8) is 0 Å². The number of primary amides is 1. The van der Waals surface area contributed by atoms with Crippen molar-refractivity contribution in [2.24, 2.45) is 5.73 Å². The number of urea groups is 1. The highest BCUT2D eigenvalue weighted by atomic mass is 16.6. The summed E-state index contributed by atoms with van der Waals surface area (Å²) in [6, 6.07) is 14.2.